The first kappa shape index (κ1) is 16.5. The number of carbonyl (C=O) groups excluding carboxylic acids is 1. The first-order valence-corrected chi connectivity index (χ1v) is 7.85. The molecule has 4 nitrogen and oxygen atoms in total. The Labute approximate surface area is 137 Å². The molecule has 1 aromatic heterocycles. The molecule has 2 bridgehead atoms. The molecule has 3 rings (SSSR count). The summed E-state index contributed by atoms with van der Waals surface area (Å²) >= 11 is 0. The maximum Gasteiger partial charge on any atom is 0.333 e. The molecule has 0 radical (unpaired) electrons. The molecule has 7 heteroatoms. The van der Waals surface area contributed by atoms with Crippen molar-refractivity contribution in [1.29, 1.82) is 0 Å². The highest BCUT2D eigenvalue weighted by atomic mass is 19.3. The largest absolute Gasteiger partial charge is 0.333 e. The number of aryl methyl sites for hydroxylation is 1. The van der Waals surface area contributed by atoms with Crippen molar-refractivity contribution < 1.29 is 18.0 Å². The molecular formula is C17H18F3N3O. The number of halogens is 3. The van der Waals surface area contributed by atoms with Gasteiger partial charge in [-0.25, -0.2) is 9.07 Å². The quantitative estimate of drug-likeness (QED) is 0.848. The van der Waals surface area contributed by atoms with Gasteiger partial charge in [0.05, 0.1) is 17.6 Å². The summed E-state index contributed by atoms with van der Waals surface area (Å²) < 4.78 is 41.2. The van der Waals surface area contributed by atoms with Gasteiger partial charge in [-0.15, -0.1) is 0 Å². The summed E-state index contributed by atoms with van der Waals surface area (Å²) in [4.78, 5) is 12.2. The van der Waals surface area contributed by atoms with Crippen molar-refractivity contribution in [3.8, 4) is 11.3 Å². The van der Waals surface area contributed by atoms with Gasteiger partial charge in [-0.1, -0.05) is 25.1 Å². The van der Waals surface area contributed by atoms with E-state index in [1.54, 1.807) is 25.1 Å². The molecule has 24 heavy (non-hydrogen) atoms. The van der Waals surface area contributed by atoms with E-state index in [2.05, 4.69) is 10.4 Å². The van der Waals surface area contributed by atoms with Crippen LogP contribution < -0.4 is 5.32 Å². The summed E-state index contributed by atoms with van der Waals surface area (Å²) in [5.41, 5.74) is 1.75. The summed E-state index contributed by atoms with van der Waals surface area (Å²) in [6.07, 6.45) is 1.00. The van der Waals surface area contributed by atoms with Crippen LogP contribution in [-0.2, 0) is 11.2 Å². The van der Waals surface area contributed by atoms with E-state index in [0.29, 0.717) is 23.1 Å². The number of hydrogen-bond donors (Lipinski definition) is 1. The topological polar surface area (TPSA) is 46.9 Å². The van der Waals surface area contributed by atoms with E-state index in [1.165, 1.54) is 6.20 Å². The molecule has 2 heterocycles. The first-order valence-electron chi connectivity index (χ1n) is 7.85. The SMILES string of the molecule is CC1CC(F)CCc2cccc(c2)-c2c(cnn2C(F)F)NC1=O. The second-order valence-corrected chi connectivity index (χ2v) is 6.09. The van der Waals surface area contributed by atoms with Crippen LogP contribution in [0.2, 0.25) is 0 Å². The smallest absolute Gasteiger partial charge is 0.323 e. The van der Waals surface area contributed by atoms with Gasteiger partial charge < -0.3 is 5.32 Å². The summed E-state index contributed by atoms with van der Waals surface area (Å²) in [5, 5.41) is 6.30. The number of fused-ring (bicyclic) bond motifs is 4. The number of carbonyl (C=O) groups is 1. The Morgan fingerprint density at radius 2 is 2.17 bits per heavy atom. The molecule has 1 amide bonds. The van der Waals surface area contributed by atoms with Crippen LogP contribution in [0.25, 0.3) is 11.3 Å². The second kappa shape index (κ2) is 6.67. The molecule has 2 unspecified atom stereocenters. The van der Waals surface area contributed by atoms with Crippen LogP contribution in [0.15, 0.2) is 30.5 Å². The average molecular weight is 337 g/mol. The molecule has 1 aromatic carbocycles. The predicted molar refractivity (Wildman–Crippen MR) is 84.5 cm³/mol. The number of rotatable bonds is 1. The molecule has 1 N–H and O–H groups in total. The fraction of sp³-hybridized carbons (Fsp3) is 0.412. The van der Waals surface area contributed by atoms with Crippen molar-refractivity contribution in [3.05, 3.63) is 36.0 Å². The molecule has 1 aliphatic heterocycles. The molecule has 0 saturated carbocycles. The summed E-state index contributed by atoms with van der Waals surface area (Å²) in [6, 6.07) is 6.99. The lowest BCUT2D eigenvalue weighted by Crippen LogP contribution is -2.24. The van der Waals surface area contributed by atoms with Gasteiger partial charge in [0.25, 0.3) is 0 Å². The van der Waals surface area contributed by atoms with Crippen molar-refractivity contribution >= 4 is 11.6 Å². The number of aromatic nitrogens is 2. The second-order valence-electron chi connectivity index (χ2n) is 6.09. The van der Waals surface area contributed by atoms with Crippen molar-refractivity contribution in [2.24, 2.45) is 5.92 Å². The van der Waals surface area contributed by atoms with E-state index in [9.17, 15) is 18.0 Å². The highest BCUT2D eigenvalue weighted by molar-refractivity contribution is 5.95. The van der Waals surface area contributed by atoms with Gasteiger partial charge in [0.2, 0.25) is 5.91 Å². The van der Waals surface area contributed by atoms with Crippen LogP contribution in [0.4, 0.5) is 18.9 Å². The van der Waals surface area contributed by atoms with Gasteiger partial charge in [-0.3, -0.25) is 4.79 Å². The van der Waals surface area contributed by atoms with E-state index >= 15 is 0 Å². The zero-order valence-corrected chi connectivity index (χ0v) is 13.2. The van der Waals surface area contributed by atoms with Crippen LogP contribution in [0, 0.1) is 5.92 Å². The summed E-state index contributed by atoms with van der Waals surface area (Å²) in [7, 11) is 0. The molecular weight excluding hydrogens is 319 g/mol. The number of hydrogen-bond acceptors (Lipinski definition) is 2. The third-order valence-electron chi connectivity index (χ3n) is 4.24. The Morgan fingerprint density at radius 1 is 1.38 bits per heavy atom. The zero-order valence-electron chi connectivity index (χ0n) is 13.2. The van der Waals surface area contributed by atoms with Gasteiger partial charge in [-0.05, 0) is 30.9 Å². The molecule has 128 valence electrons. The molecule has 2 aromatic rings. The van der Waals surface area contributed by atoms with Crippen LogP contribution in [0.3, 0.4) is 0 Å². The maximum absolute atomic E-state index is 14.1. The Hall–Kier alpha value is -2.31. The number of benzene rings is 1. The van der Waals surface area contributed by atoms with Crippen LogP contribution >= 0.6 is 0 Å². The number of anilines is 1. The molecule has 0 spiro atoms. The average Bonchev–Trinajstić information content (AvgIpc) is 2.96. The minimum Gasteiger partial charge on any atom is -0.323 e. The van der Waals surface area contributed by atoms with E-state index in [4.69, 9.17) is 0 Å². The third-order valence-corrected chi connectivity index (χ3v) is 4.24. The summed E-state index contributed by atoms with van der Waals surface area (Å²) in [5.74, 6) is -0.954. The number of amides is 1. The monoisotopic (exact) mass is 337 g/mol. The first-order chi connectivity index (χ1) is 11.5. The highest BCUT2D eigenvalue weighted by Crippen LogP contribution is 2.33. The van der Waals surface area contributed by atoms with Crippen LogP contribution in [0.5, 0.6) is 0 Å². The Morgan fingerprint density at radius 3 is 2.92 bits per heavy atom. The number of nitrogens with zero attached hydrogens (tertiary/aromatic N) is 2. The Bertz CT molecular complexity index is 744. The number of nitrogens with one attached hydrogen (secondary N) is 1. The normalized spacial score (nSPS) is 21.6. The lowest BCUT2D eigenvalue weighted by atomic mass is 9.96. The van der Waals surface area contributed by atoms with Crippen LogP contribution in [-0.4, -0.2) is 21.9 Å². The van der Waals surface area contributed by atoms with E-state index < -0.39 is 24.5 Å². The lowest BCUT2D eigenvalue weighted by Gasteiger charge is -2.17. The van der Waals surface area contributed by atoms with Gasteiger partial charge in [0.15, 0.2) is 0 Å². The van der Waals surface area contributed by atoms with Gasteiger partial charge in [0.1, 0.15) is 6.17 Å². The van der Waals surface area contributed by atoms with Gasteiger partial charge in [0, 0.05) is 11.5 Å². The molecule has 0 aliphatic carbocycles. The predicted octanol–water partition coefficient (Wildman–Crippen LogP) is 4.19. The van der Waals surface area contributed by atoms with Crippen molar-refractivity contribution in [2.45, 2.75) is 38.9 Å². The van der Waals surface area contributed by atoms with E-state index in [1.807, 2.05) is 6.07 Å². The fourth-order valence-corrected chi connectivity index (χ4v) is 2.95. The Balaban J connectivity index is 2.11. The third kappa shape index (κ3) is 3.29. The van der Waals surface area contributed by atoms with E-state index in [-0.39, 0.29) is 17.8 Å². The lowest BCUT2D eigenvalue weighted by molar-refractivity contribution is -0.120. The minimum absolute atomic E-state index is 0.101. The highest BCUT2D eigenvalue weighted by Gasteiger charge is 2.24. The minimum atomic E-state index is -2.82. The number of alkyl halides is 3. The van der Waals surface area contributed by atoms with Crippen molar-refractivity contribution in [2.75, 3.05) is 5.32 Å². The molecule has 0 fully saturated rings. The van der Waals surface area contributed by atoms with Crippen LogP contribution in [0.1, 0.15) is 31.9 Å². The molecule has 0 saturated heterocycles. The fourth-order valence-electron chi connectivity index (χ4n) is 2.95. The van der Waals surface area contributed by atoms with Gasteiger partial charge >= 0.3 is 6.55 Å². The maximum atomic E-state index is 14.1. The molecule has 1 aliphatic rings. The molecule has 2 atom stereocenters. The van der Waals surface area contributed by atoms with Crippen molar-refractivity contribution in [1.82, 2.24) is 9.78 Å². The zero-order chi connectivity index (χ0) is 17.3. The van der Waals surface area contributed by atoms with E-state index in [0.717, 1.165) is 5.56 Å². The standard InChI is InChI=1S/C17H18F3N3O/c1-10-7-13(18)6-5-11-3-2-4-12(8-11)15-14(22-16(10)24)9-21-23(15)17(19)20/h2-4,8-10,13,17H,5-7H2,1H3,(H,22,24). The van der Waals surface area contributed by atoms with Crippen molar-refractivity contribution in [3.63, 3.8) is 0 Å². The van der Waals surface area contributed by atoms with Gasteiger partial charge in [-0.2, -0.15) is 13.9 Å². The summed E-state index contributed by atoms with van der Waals surface area (Å²) in [6.45, 7) is -1.20. The Kier molecular flexibility index (Phi) is 4.59.